The highest BCUT2D eigenvalue weighted by Crippen LogP contribution is 2.40. The van der Waals surface area contributed by atoms with E-state index in [0.29, 0.717) is 5.89 Å². The summed E-state index contributed by atoms with van der Waals surface area (Å²) < 4.78 is 12.2. The molecule has 0 N–H and O–H groups in total. The second-order valence-corrected chi connectivity index (χ2v) is 10.0. The second-order valence-electron chi connectivity index (χ2n) is 10.0. The topological polar surface area (TPSA) is 42.4 Å². The van der Waals surface area contributed by atoms with Crippen LogP contribution in [0.4, 0.5) is 17.1 Å². The van der Waals surface area contributed by atoms with Gasteiger partial charge in [0.1, 0.15) is 16.7 Å². The van der Waals surface area contributed by atoms with Gasteiger partial charge in [-0.2, -0.15) is 0 Å². The highest BCUT2D eigenvalue weighted by atomic mass is 16.3. The van der Waals surface area contributed by atoms with Gasteiger partial charge in [0.25, 0.3) is 0 Å². The van der Waals surface area contributed by atoms with E-state index in [1.807, 2.05) is 60.7 Å². The maximum Gasteiger partial charge on any atom is 0.227 e. The van der Waals surface area contributed by atoms with Gasteiger partial charge in [-0.15, -0.1) is 0 Å². The third-order valence-electron chi connectivity index (χ3n) is 7.51. The number of nitrogens with zero attached hydrogens (tertiary/aromatic N) is 2. The number of anilines is 3. The van der Waals surface area contributed by atoms with Crippen molar-refractivity contribution in [2.24, 2.45) is 0 Å². The van der Waals surface area contributed by atoms with E-state index in [1.165, 1.54) is 0 Å². The summed E-state index contributed by atoms with van der Waals surface area (Å²) in [5, 5.41) is 2.21. The number of benzene rings is 6. The van der Waals surface area contributed by atoms with Gasteiger partial charge >= 0.3 is 0 Å². The number of oxazole rings is 1. The van der Waals surface area contributed by atoms with Gasteiger partial charge in [0.2, 0.25) is 5.89 Å². The number of aromatic nitrogens is 1. The lowest BCUT2D eigenvalue weighted by atomic mass is 10.0. The Labute approximate surface area is 236 Å². The Balaban J connectivity index is 1.22. The van der Waals surface area contributed by atoms with E-state index in [0.717, 1.165) is 66.8 Å². The molecule has 2 aromatic heterocycles. The fourth-order valence-electron chi connectivity index (χ4n) is 5.55. The number of furan rings is 1. The quantitative estimate of drug-likeness (QED) is 0.223. The number of hydrogen-bond donors (Lipinski definition) is 0. The molecule has 0 aliphatic rings. The van der Waals surface area contributed by atoms with E-state index < -0.39 is 0 Å². The Morgan fingerprint density at radius 2 is 1.10 bits per heavy atom. The smallest absolute Gasteiger partial charge is 0.227 e. The fraction of sp³-hybridized carbons (Fsp3) is 0. The van der Waals surface area contributed by atoms with Gasteiger partial charge in [-0.3, -0.25) is 0 Å². The molecule has 6 aromatic carbocycles. The van der Waals surface area contributed by atoms with Gasteiger partial charge < -0.3 is 13.7 Å². The van der Waals surface area contributed by atoms with Gasteiger partial charge in [0, 0.05) is 39.0 Å². The Hall–Kier alpha value is -5.61. The predicted molar refractivity (Wildman–Crippen MR) is 167 cm³/mol. The number of fused-ring (bicyclic) bond motifs is 4. The van der Waals surface area contributed by atoms with Crippen LogP contribution in [0, 0.1) is 0 Å². The molecule has 41 heavy (non-hydrogen) atoms. The van der Waals surface area contributed by atoms with Crippen LogP contribution in [0.2, 0.25) is 0 Å². The van der Waals surface area contributed by atoms with E-state index in [9.17, 15) is 0 Å². The zero-order valence-corrected chi connectivity index (χ0v) is 22.1. The van der Waals surface area contributed by atoms with E-state index in [-0.39, 0.29) is 0 Å². The molecule has 0 bridgehead atoms. The lowest BCUT2D eigenvalue weighted by Gasteiger charge is -2.25. The summed E-state index contributed by atoms with van der Waals surface area (Å²) in [6, 6.07) is 49.8. The lowest BCUT2D eigenvalue weighted by Crippen LogP contribution is -2.09. The first-order chi connectivity index (χ1) is 20.3. The molecule has 0 saturated carbocycles. The third kappa shape index (κ3) is 4.05. The molecule has 2 heterocycles. The third-order valence-corrected chi connectivity index (χ3v) is 7.51. The van der Waals surface area contributed by atoms with Crippen LogP contribution in [0.15, 0.2) is 154 Å². The summed E-state index contributed by atoms with van der Waals surface area (Å²) in [7, 11) is 0. The van der Waals surface area contributed by atoms with Crippen LogP contribution >= 0.6 is 0 Å². The molecule has 0 aliphatic carbocycles. The zero-order valence-electron chi connectivity index (χ0n) is 22.1. The Kier molecular flexibility index (Phi) is 5.42. The molecule has 0 aliphatic heterocycles. The summed E-state index contributed by atoms with van der Waals surface area (Å²) >= 11 is 0. The van der Waals surface area contributed by atoms with Crippen molar-refractivity contribution in [3.63, 3.8) is 0 Å². The first-order valence-corrected chi connectivity index (χ1v) is 13.6. The maximum absolute atomic E-state index is 6.13. The summed E-state index contributed by atoms with van der Waals surface area (Å²) in [5.41, 5.74) is 9.70. The van der Waals surface area contributed by atoms with Gasteiger partial charge in [0.15, 0.2) is 5.58 Å². The molecule has 0 unspecified atom stereocenters. The highest BCUT2D eigenvalue weighted by molar-refractivity contribution is 6.06. The van der Waals surface area contributed by atoms with Crippen LogP contribution in [-0.2, 0) is 0 Å². The number of rotatable bonds is 5. The van der Waals surface area contributed by atoms with E-state index in [1.54, 1.807) is 0 Å². The molecule has 8 rings (SSSR count). The molecule has 8 aromatic rings. The average molecular weight is 529 g/mol. The summed E-state index contributed by atoms with van der Waals surface area (Å²) in [4.78, 5) is 7.15. The van der Waals surface area contributed by atoms with E-state index in [2.05, 4.69) is 89.8 Å². The Morgan fingerprint density at radius 1 is 0.439 bits per heavy atom. The predicted octanol–water partition coefficient (Wildman–Crippen LogP) is 10.5. The SMILES string of the molecule is c1ccc(-c2nc3c(-c4ccc(N(c5ccccc5)c5ccc6oc7ccccc7c6c5)cc4)cccc3o2)cc1. The largest absolute Gasteiger partial charge is 0.456 e. The van der Waals surface area contributed by atoms with Gasteiger partial charge in [0.05, 0.1) is 0 Å². The highest BCUT2D eigenvalue weighted by Gasteiger charge is 2.17. The molecule has 4 nitrogen and oxygen atoms in total. The average Bonchev–Trinajstić information content (AvgIpc) is 3.64. The van der Waals surface area contributed by atoms with Gasteiger partial charge in [-0.25, -0.2) is 4.98 Å². The number of hydrogen-bond acceptors (Lipinski definition) is 4. The summed E-state index contributed by atoms with van der Waals surface area (Å²) in [6.45, 7) is 0. The van der Waals surface area contributed by atoms with Gasteiger partial charge in [-0.05, 0) is 72.3 Å². The van der Waals surface area contributed by atoms with Crippen molar-refractivity contribution in [1.82, 2.24) is 4.98 Å². The normalized spacial score (nSPS) is 11.4. The van der Waals surface area contributed by atoms with Crippen LogP contribution in [0.5, 0.6) is 0 Å². The van der Waals surface area contributed by atoms with Crippen molar-refractivity contribution in [3.8, 4) is 22.6 Å². The first-order valence-electron chi connectivity index (χ1n) is 13.6. The Morgan fingerprint density at radius 3 is 1.93 bits per heavy atom. The van der Waals surface area contributed by atoms with Crippen molar-refractivity contribution in [1.29, 1.82) is 0 Å². The fourth-order valence-corrected chi connectivity index (χ4v) is 5.55. The molecule has 0 atom stereocenters. The van der Waals surface area contributed by atoms with Crippen LogP contribution in [0.1, 0.15) is 0 Å². The van der Waals surface area contributed by atoms with Crippen LogP contribution in [-0.4, -0.2) is 4.98 Å². The van der Waals surface area contributed by atoms with Crippen molar-refractivity contribution in [2.75, 3.05) is 4.90 Å². The molecular weight excluding hydrogens is 504 g/mol. The van der Waals surface area contributed by atoms with Gasteiger partial charge in [-0.1, -0.05) is 78.9 Å². The van der Waals surface area contributed by atoms with Crippen molar-refractivity contribution in [3.05, 3.63) is 146 Å². The molecule has 194 valence electrons. The molecule has 0 fully saturated rings. The maximum atomic E-state index is 6.13. The van der Waals surface area contributed by atoms with Crippen LogP contribution in [0.25, 0.3) is 55.6 Å². The van der Waals surface area contributed by atoms with Crippen LogP contribution < -0.4 is 4.90 Å². The molecule has 0 spiro atoms. The minimum absolute atomic E-state index is 0.627. The Bertz CT molecular complexity index is 2140. The molecular formula is C37H24N2O2. The van der Waals surface area contributed by atoms with E-state index >= 15 is 0 Å². The van der Waals surface area contributed by atoms with E-state index in [4.69, 9.17) is 13.8 Å². The van der Waals surface area contributed by atoms with Crippen molar-refractivity contribution in [2.45, 2.75) is 0 Å². The first kappa shape index (κ1) is 23.3. The van der Waals surface area contributed by atoms with Crippen LogP contribution in [0.3, 0.4) is 0 Å². The zero-order chi connectivity index (χ0) is 27.2. The summed E-state index contributed by atoms with van der Waals surface area (Å²) in [5.74, 6) is 0.627. The molecule has 4 heteroatoms. The standard InChI is InChI=1S/C37H24N2O2/c1-3-10-26(11-4-1)37-38-36-30(15-9-17-35(36)41-37)25-18-20-28(21-19-25)39(27-12-5-2-6-13-27)29-22-23-34-32(24-29)31-14-7-8-16-33(31)40-34/h1-24H. The van der Waals surface area contributed by atoms with Crippen molar-refractivity contribution >= 4 is 50.1 Å². The monoisotopic (exact) mass is 528 g/mol. The molecule has 0 saturated heterocycles. The minimum atomic E-state index is 0.627. The number of para-hydroxylation sites is 3. The minimum Gasteiger partial charge on any atom is -0.456 e. The second kappa shape index (κ2) is 9.54. The summed E-state index contributed by atoms with van der Waals surface area (Å²) in [6.07, 6.45) is 0. The molecule has 0 amide bonds. The molecule has 0 radical (unpaired) electrons. The van der Waals surface area contributed by atoms with Crippen molar-refractivity contribution < 1.29 is 8.83 Å². The lowest BCUT2D eigenvalue weighted by molar-refractivity contribution is 0.620.